The van der Waals surface area contributed by atoms with E-state index < -0.39 is 11.8 Å². The molecule has 0 saturated carbocycles. The zero-order chi connectivity index (χ0) is 21.6. The maximum Gasteiger partial charge on any atom is 0.309 e. The normalized spacial score (nSPS) is 14.4. The Hall–Kier alpha value is -3.61. The summed E-state index contributed by atoms with van der Waals surface area (Å²) in [5.41, 5.74) is 1.64. The number of rotatable bonds is 5. The predicted octanol–water partition coefficient (Wildman–Crippen LogP) is 2.72. The van der Waals surface area contributed by atoms with Crippen molar-refractivity contribution in [2.75, 3.05) is 19.6 Å². The number of fused-ring (bicyclic) bond motifs is 1. The molecule has 1 aliphatic rings. The van der Waals surface area contributed by atoms with Gasteiger partial charge in [-0.2, -0.15) is 0 Å². The van der Waals surface area contributed by atoms with E-state index in [4.69, 9.17) is 4.42 Å². The zero-order valence-electron chi connectivity index (χ0n) is 17.2. The van der Waals surface area contributed by atoms with Gasteiger partial charge >= 0.3 is 11.8 Å². The molecule has 0 radical (unpaired) electrons. The molecule has 3 aromatic rings. The van der Waals surface area contributed by atoms with Gasteiger partial charge in [0.25, 0.3) is 5.91 Å². The van der Waals surface area contributed by atoms with E-state index >= 15 is 0 Å². The average Bonchev–Trinajstić information content (AvgIpc) is 3.26. The Bertz CT molecular complexity index is 1040. The van der Waals surface area contributed by atoms with Crippen LogP contribution in [-0.2, 0) is 16.1 Å². The fraction of sp³-hybridized carbons (Fsp3) is 0.292. The zero-order valence-corrected chi connectivity index (χ0v) is 17.2. The summed E-state index contributed by atoms with van der Waals surface area (Å²) in [5, 5.41) is 6.24. The first-order chi connectivity index (χ1) is 15.1. The first-order valence-electron chi connectivity index (χ1n) is 10.5. The number of hydrogen-bond acceptors (Lipinski definition) is 4. The first kappa shape index (κ1) is 20.7. The molecular weight excluding hydrogens is 394 g/mol. The Labute approximate surface area is 180 Å². The molecule has 7 heteroatoms. The van der Waals surface area contributed by atoms with Crippen molar-refractivity contribution < 1.29 is 18.8 Å². The largest absolute Gasteiger partial charge is 0.451 e. The second-order valence-electron chi connectivity index (χ2n) is 7.76. The summed E-state index contributed by atoms with van der Waals surface area (Å²) in [6.07, 6.45) is 1.52. The van der Waals surface area contributed by atoms with E-state index in [0.717, 1.165) is 23.8 Å². The Morgan fingerprint density at radius 1 is 0.903 bits per heavy atom. The SMILES string of the molecule is O=C(NCc1ccccc1)C(=O)NCC1CCN(C(=O)c2cc3ccccc3o2)CC1. The number of hydrogen-bond donors (Lipinski definition) is 2. The second kappa shape index (κ2) is 9.47. The number of benzene rings is 2. The lowest BCUT2D eigenvalue weighted by atomic mass is 9.96. The minimum atomic E-state index is -0.638. The lowest BCUT2D eigenvalue weighted by Crippen LogP contribution is -2.44. The van der Waals surface area contributed by atoms with Crippen LogP contribution in [0.2, 0.25) is 0 Å². The summed E-state index contributed by atoms with van der Waals surface area (Å²) in [6, 6.07) is 18.8. The molecule has 0 unspecified atom stereocenters. The third-order valence-electron chi connectivity index (χ3n) is 5.59. The number of amides is 3. The molecule has 7 nitrogen and oxygen atoms in total. The molecule has 3 amide bonds. The third-order valence-corrected chi connectivity index (χ3v) is 5.59. The minimum absolute atomic E-state index is 0.112. The van der Waals surface area contributed by atoms with Crippen LogP contribution in [0.5, 0.6) is 0 Å². The van der Waals surface area contributed by atoms with Gasteiger partial charge in [0, 0.05) is 31.6 Å². The average molecular weight is 419 g/mol. The van der Waals surface area contributed by atoms with Crippen molar-refractivity contribution >= 4 is 28.7 Å². The highest BCUT2D eigenvalue weighted by atomic mass is 16.3. The van der Waals surface area contributed by atoms with E-state index in [-0.39, 0.29) is 11.8 Å². The van der Waals surface area contributed by atoms with Crippen molar-refractivity contribution in [3.8, 4) is 0 Å². The topological polar surface area (TPSA) is 91.7 Å². The molecule has 4 rings (SSSR count). The predicted molar refractivity (Wildman–Crippen MR) is 116 cm³/mol. The Balaban J connectivity index is 1.20. The van der Waals surface area contributed by atoms with Crippen LogP contribution in [-0.4, -0.2) is 42.3 Å². The van der Waals surface area contributed by atoms with Gasteiger partial charge in [0.15, 0.2) is 5.76 Å². The molecule has 0 bridgehead atoms. The number of para-hydroxylation sites is 1. The summed E-state index contributed by atoms with van der Waals surface area (Å²) in [5.74, 6) is -0.800. The molecule has 1 saturated heterocycles. The van der Waals surface area contributed by atoms with Crippen molar-refractivity contribution in [3.05, 3.63) is 72.0 Å². The lowest BCUT2D eigenvalue weighted by molar-refractivity contribution is -0.139. The highest BCUT2D eigenvalue weighted by Gasteiger charge is 2.26. The molecule has 2 N–H and O–H groups in total. The molecule has 1 aliphatic heterocycles. The Kier molecular flexibility index (Phi) is 6.31. The highest BCUT2D eigenvalue weighted by molar-refractivity contribution is 6.35. The van der Waals surface area contributed by atoms with Gasteiger partial charge in [0.05, 0.1) is 0 Å². The van der Waals surface area contributed by atoms with Gasteiger partial charge in [-0.25, -0.2) is 0 Å². The number of likely N-dealkylation sites (tertiary alicyclic amines) is 1. The van der Waals surface area contributed by atoms with Crippen molar-refractivity contribution in [2.24, 2.45) is 5.92 Å². The van der Waals surface area contributed by atoms with Gasteiger partial charge in [0.2, 0.25) is 0 Å². The quantitative estimate of drug-likeness (QED) is 0.622. The third kappa shape index (κ3) is 5.12. The summed E-state index contributed by atoms with van der Waals surface area (Å²) in [7, 11) is 0. The van der Waals surface area contributed by atoms with Gasteiger partial charge in [-0.05, 0) is 36.5 Å². The summed E-state index contributed by atoms with van der Waals surface area (Å²) in [6.45, 7) is 1.92. The van der Waals surface area contributed by atoms with Gasteiger partial charge in [-0.15, -0.1) is 0 Å². The van der Waals surface area contributed by atoms with Crippen LogP contribution in [0.3, 0.4) is 0 Å². The summed E-state index contributed by atoms with van der Waals surface area (Å²) in [4.78, 5) is 38.5. The van der Waals surface area contributed by atoms with E-state index in [1.165, 1.54) is 0 Å². The number of carbonyl (C=O) groups is 3. The van der Waals surface area contributed by atoms with Gasteiger partial charge in [-0.3, -0.25) is 14.4 Å². The van der Waals surface area contributed by atoms with E-state index in [2.05, 4.69) is 10.6 Å². The number of carbonyl (C=O) groups excluding carboxylic acids is 3. The molecule has 2 heterocycles. The van der Waals surface area contributed by atoms with E-state index in [9.17, 15) is 14.4 Å². The Morgan fingerprint density at radius 3 is 2.32 bits per heavy atom. The van der Waals surface area contributed by atoms with E-state index in [1.54, 1.807) is 11.0 Å². The highest BCUT2D eigenvalue weighted by Crippen LogP contribution is 2.23. The molecule has 160 valence electrons. The Morgan fingerprint density at radius 2 is 1.58 bits per heavy atom. The van der Waals surface area contributed by atoms with Crippen LogP contribution < -0.4 is 10.6 Å². The molecule has 1 aromatic heterocycles. The molecule has 0 spiro atoms. The summed E-state index contributed by atoms with van der Waals surface area (Å²) >= 11 is 0. The second-order valence-corrected chi connectivity index (χ2v) is 7.76. The van der Waals surface area contributed by atoms with Crippen molar-refractivity contribution in [1.29, 1.82) is 0 Å². The molecule has 31 heavy (non-hydrogen) atoms. The monoisotopic (exact) mass is 419 g/mol. The van der Waals surface area contributed by atoms with Crippen LogP contribution in [0.4, 0.5) is 0 Å². The van der Waals surface area contributed by atoms with Gasteiger partial charge in [-0.1, -0.05) is 48.5 Å². The van der Waals surface area contributed by atoms with Crippen LogP contribution in [0.1, 0.15) is 29.0 Å². The molecule has 0 aliphatic carbocycles. The fourth-order valence-electron chi connectivity index (χ4n) is 3.76. The maximum atomic E-state index is 12.7. The van der Waals surface area contributed by atoms with Crippen molar-refractivity contribution in [2.45, 2.75) is 19.4 Å². The molecular formula is C24H25N3O4. The number of nitrogens with zero attached hydrogens (tertiary/aromatic N) is 1. The van der Waals surface area contributed by atoms with Crippen molar-refractivity contribution in [1.82, 2.24) is 15.5 Å². The molecule has 2 aromatic carbocycles. The standard InChI is InChI=1S/C24H25N3O4/c28-22(25-15-17-6-2-1-3-7-17)23(29)26-16-18-10-12-27(13-11-18)24(30)21-14-19-8-4-5-9-20(19)31-21/h1-9,14,18H,10-13,15-16H2,(H,25,28)(H,26,29). The maximum absolute atomic E-state index is 12.7. The van der Waals surface area contributed by atoms with Gasteiger partial charge in [0.1, 0.15) is 5.58 Å². The summed E-state index contributed by atoms with van der Waals surface area (Å²) < 4.78 is 5.68. The number of furan rings is 1. The van der Waals surface area contributed by atoms with Gasteiger partial charge < -0.3 is 20.0 Å². The number of piperidine rings is 1. The molecule has 0 atom stereocenters. The number of nitrogens with one attached hydrogen (secondary N) is 2. The molecule has 1 fully saturated rings. The van der Waals surface area contributed by atoms with E-state index in [1.807, 2.05) is 54.6 Å². The van der Waals surface area contributed by atoms with Crippen LogP contribution in [0.25, 0.3) is 11.0 Å². The smallest absolute Gasteiger partial charge is 0.309 e. The van der Waals surface area contributed by atoms with Crippen LogP contribution in [0.15, 0.2) is 65.1 Å². The van der Waals surface area contributed by atoms with Crippen LogP contribution in [0, 0.1) is 5.92 Å². The van der Waals surface area contributed by atoms with Crippen molar-refractivity contribution in [3.63, 3.8) is 0 Å². The first-order valence-corrected chi connectivity index (χ1v) is 10.5. The fourth-order valence-corrected chi connectivity index (χ4v) is 3.76. The van der Waals surface area contributed by atoms with E-state index in [0.29, 0.717) is 37.5 Å². The lowest BCUT2D eigenvalue weighted by Gasteiger charge is -2.31. The minimum Gasteiger partial charge on any atom is -0.451 e. The van der Waals surface area contributed by atoms with Crippen LogP contribution >= 0.6 is 0 Å².